The molecule has 3 heterocycles. The van der Waals surface area contributed by atoms with Gasteiger partial charge in [0.05, 0.1) is 17.9 Å². The first-order valence-corrected chi connectivity index (χ1v) is 13.8. The fraction of sp³-hybridized carbons (Fsp3) is 0.536. The third-order valence-corrected chi connectivity index (χ3v) is 7.57. The molecule has 1 saturated carbocycles. The lowest BCUT2D eigenvalue weighted by molar-refractivity contribution is -0.137. The van der Waals surface area contributed by atoms with Crippen molar-refractivity contribution in [3.8, 4) is 17.0 Å². The van der Waals surface area contributed by atoms with E-state index >= 15 is 0 Å². The lowest BCUT2D eigenvalue weighted by atomic mass is 9.87. The molecule has 2 aliphatic rings. The molecule has 214 valence electrons. The van der Waals surface area contributed by atoms with Gasteiger partial charge in [0.25, 0.3) is 5.91 Å². The number of hydrogen-bond donors (Lipinski definition) is 2. The molecule has 1 aromatic carbocycles. The average molecular weight is 559 g/mol. The molecule has 1 saturated heterocycles. The van der Waals surface area contributed by atoms with Crippen LogP contribution in [0.15, 0.2) is 30.6 Å². The Morgan fingerprint density at radius 2 is 1.82 bits per heavy atom. The number of halogens is 3. The van der Waals surface area contributed by atoms with Crippen molar-refractivity contribution in [2.45, 2.75) is 64.0 Å². The van der Waals surface area contributed by atoms with E-state index in [4.69, 9.17) is 9.47 Å². The maximum Gasteiger partial charge on any atom is 0.417 e. The predicted octanol–water partition coefficient (Wildman–Crippen LogP) is 5.85. The van der Waals surface area contributed by atoms with E-state index in [0.717, 1.165) is 64.1 Å². The van der Waals surface area contributed by atoms with E-state index in [9.17, 15) is 18.0 Å². The van der Waals surface area contributed by atoms with Gasteiger partial charge < -0.3 is 19.8 Å². The number of carbonyl (C=O) groups excluding carboxylic acids is 1. The highest BCUT2D eigenvalue weighted by Gasteiger charge is 2.34. The molecule has 2 fully saturated rings. The first-order chi connectivity index (χ1) is 19.3. The molecule has 12 heteroatoms. The molecular formula is C28H33F3N6O3. The fourth-order valence-electron chi connectivity index (χ4n) is 5.36. The second-order valence-electron chi connectivity index (χ2n) is 10.5. The monoisotopic (exact) mass is 558 g/mol. The Hall–Kier alpha value is -3.54. The number of carbonyl (C=O) groups is 1. The van der Waals surface area contributed by atoms with Gasteiger partial charge in [-0.15, -0.1) is 10.2 Å². The second kappa shape index (κ2) is 12.8. The van der Waals surface area contributed by atoms with Gasteiger partial charge in [-0.2, -0.15) is 13.2 Å². The first-order valence-electron chi connectivity index (χ1n) is 13.8. The second-order valence-corrected chi connectivity index (χ2v) is 10.5. The van der Waals surface area contributed by atoms with Crippen molar-refractivity contribution in [3.05, 3.63) is 47.8 Å². The Bertz CT molecular complexity index is 1290. The van der Waals surface area contributed by atoms with Crippen LogP contribution in [0.4, 0.5) is 19.0 Å². The summed E-state index contributed by atoms with van der Waals surface area (Å²) in [5.74, 6) is 1.42. The zero-order chi connectivity index (χ0) is 28.0. The van der Waals surface area contributed by atoms with Gasteiger partial charge in [0, 0.05) is 31.3 Å². The maximum absolute atomic E-state index is 13.9. The number of ether oxygens (including phenoxy) is 2. The standard InChI is InChI=1S/C28H33F3N6O3/c29-28(30,31)22-7-6-20(40-13-10-18-8-11-39-12-9-18)15-21(22)23-16-24(33-17-32-23)35-27(38)26-34-25(36-37-26)14-19-4-2-1-3-5-19/h6-7,15-19H,1-5,8-14H2,(H,34,36,37)(H,32,33,35,38). The highest BCUT2D eigenvalue weighted by atomic mass is 19.4. The number of amides is 1. The van der Waals surface area contributed by atoms with Crippen molar-refractivity contribution in [1.82, 2.24) is 25.1 Å². The number of aromatic nitrogens is 5. The number of alkyl halides is 3. The van der Waals surface area contributed by atoms with Crippen molar-refractivity contribution in [2.24, 2.45) is 11.8 Å². The summed E-state index contributed by atoms with van der Waals surface area (Å²) in [4.78, 5) is 23.8. The van der Waals surface area contributed by atoms with Gasteiger partial charge in [0.15, 0.2) is 0 Å². The minimum Gasteiger partial charge on any atom is -0.494 e. The molecule has 9 nitrogen and oxygen atoms in total. The average Bonchev–Trinajstić information content (AvgIpc) is 3.42. The number of hydrogen-bond acceptors (Lipinski definition) is 7. The van der Waals surface area contributed by atoms with Crippen LogP contribution in [-0.2, 0) is 17.3 Å². The maximum atomic E-state index is 13.9. The third kappa shape index (κ3) is 7.35. The summed E-state index contributed by atoms with van der Waals surface area (Å²) < 4.78 is 52.8. The normalized spacial score (nSPS) is 17.1. The quantitative estimate of drug-likeness (QED) is 0.339. The van der Waals surface area contributed by atoms with Gasteiger partial charge in [-0.25, -0.2) is 9.97 Å². The molecular weight excluding hydrogens is 525 g/mol. The Morgan fingerprint density at radius 1 is 1.02 bits per heavy atom. The summed E-state index contributed by atoms with van der Waals surface area (Å²) in [6, 6.07) is 4.93. The summed E-state index contributed by atoms with van der Waals surface area (Å²) in [6.45, 7) is 1.83. The molecule has 0 spiro atoms. The Morgan fingerprint density at radius 3 is 2.60 bits per heavy atom. The zero-order valence-electron chi connectivity index (χ0n) is 22.2. The molecule has 2 aromatic heterocycles. The van der Waals surface area contributed by atoms with E-state index in [2.05, 4.69) is 30.5 Å². The molecule has 5 rings (SSSR count). The van der Waals surface area contributed by atoms with Crippen molar-refractivity contribution in [2.75, 3.05) is 25.1 Å². The smallest absolute Gasteiger partial charge is 0.417 e. The number of benzene rings is 1. The van der Waals surface area contributed by atoms with Crippen LogP contribution in [0.1, 0.15) is 73.4 Å². The minimum absolute atomic E-state index is 0.00283. The number of nitrogens with one attached hydrogen (secondary N) is 2. The zero-order valence-corrected chi connectivity index (χ0v) is 22.2. The van der Waals surface area contributed by atoms with Crippen LogP contribution >= 0.6 is 0 Å². The van der Waals surface area contributed by atoms with Gasteiger partial charge in [-0.1, -0.05) is 32.1 Å². The van der Waals surface area contributed by atoms with Crippen molar-refractivity contribution in [1.29, 1.82) is 0 Å². The third-order valence-electron chi connectivity index (χ3n) is 7.57. The van der Waals surface area contributed by atoms with Crippen LogP contribution < -0.4 is 10.1 Å². The van der Waals surface area contributed by atoms with Crippen LogP contribution in [0, 0.1) is 11.8 Å². The predicted molar refractivity (Wildman–Crippen MR) is 141 cm³/mol. The molecule has 0 atom stereocenters. The number of anilines is 1. The molecule has 1 aliphatic carbocycles. The number of nitrogens with zero attached hydrogens (tertiary/aromatic N) is 4. The summed E-state index contributed by atoms with van der Waals surface area (Å²) in [5, 5.41) is 10.6. The number of aromatic amines is 1. The Labute approximate surface area is 230 Å². The molecule has 40 heavy (non-hydrogen) atoms. The van der Waals surface area contributed by atoms with Crippen LogP contribution in [0.2, 0.25) is 0 Å². The van der Waals surface area contributed by atoms with Gasteiger partial charge in [-0.3, -0.25) is 4.79 Å². The van der Waals surface area contributed by atoms with Gasteiger partial charge in [0.1, 0.15) is 23.7 Å². The lowest BCUT2D eigenvalue weighted by Crippen LogP contribution is -2.17. The Balaban J connectivity index is 1.28. The van der Waals surface area contributed by atoms with E-state index in [1.165, 1.54) is 37.5 Å². The highest BCUT2D eigenvalue weighted by Crippen LogP contribution is 2.39. The van der Waals surface area contributed by atoms with Crippen molar-refractivity contribution in [3.63, 3.8) is 0 Å². The topological polar surface area (TPSA) is 115 Å². The largest absolute Gasteiger partial charge is 0.494 e. The molecule has 0 bridgehead atoms. The van der Waals surface area contributed by atoms with Crippen molar-refractivity contribution >= 4 is 11.7 Å². The fourth-order valence-corrected chi connectivity index (χ4v) is 5.36. The van der Waals surface area contributed by atoms with Crippen LogP contribution in [0.3, 0.4) is 0 Å². The van der Waals surface area contributed by atoms with Gasteiger partial charge in [-0.05, 0) is 49.3 Å². The van der Waals surface area contributed by atoms with E-state index < -0.39 is 17.6 Å². The lowest BCUT2D eigenvalue weighted by Gasteiger charge is -2.22. The minimum atomic E-state index is -4.61. The molecule has 0 unspecified atom stereocenters. The van der Waals surface area contributed by atoms with Crippen LogP contribution in [0.25, 0.3) is 11.3 Å². The molecule has 1 amide bonds. The summed E-state index contributed by atoms with van der Waals surface area (Å²) in [5.41, 5.74) is -1.02. The molecule has 3 aromatic rings. The van der Waals surface area contributed by atoms with Gasteiger partial charge in [0.2, 0.25) is 5.82 Å². The number of rotatable bonds is 9. The van der Waals surface area contributed by atoms with E-state index in [1.807, 2.05) is 0 Å². The first kappa shape index (κ1) is 28.0. The Kier molecular flexibility index (Phi) is 8.93. The van der Waals surface area contributed by atoms with E-state index in [-0.39, 0.29) is 22.9 Å². The van der Waals surface area contributed by atoms with Crippen molar-refractivity contribution < 1.29 is 27.4 Å². The van der Waals surface area contributed by atoms with Crippen LogP contribution in [-0.4, -0.2) is 50.9 Å². The summed E-state index contributed by atoms with van der Waals surface area (Å²) in [7, 11) is 0. The van der Waals surface area contributed by atoms with Gasteiger partial charge >= 0.3 is 6.18 Å². The summed E-state index contributed by atoms with van der Waals surface area (Å²) in [6.07, 6.45) is 5.84. The highest BCUT2D eigenvalue weighted by molar-refractivity contribution is 6.01. The molecule has 1 aliphatic heterocycles. The van der Waals surface area contributed by atoms with Crippen LogP contribution in [0.5, 0.6) is 5.75 Å². The van der Waals surface area contributed by atoms with E-state index in [0.29, 0.717) is 30.0 Å². The molecule has 0 radical (unpaired) electrons. The molecule has 2 N–H and O–H groups in total. The number of H-pyrrole nitrogens is 1. The summed E-state index contributed by atoms with van der Waals surface area (Å²) >= 11 is 0. The SMILES string of the molecule is O=C(Nc1cc(-c2cc(OCCC3CCOCC3)ccc2C(F)(F)F)ncn1)c1nnc(CC2CCCCC2)[nH]1. The van der Waals surface area contributed by atoms with E-state index in [1.54, 1.807) is 0 Å².